The summed E-state index contributed by atoms with van der Waals surface area (Å²) in [4.78, 5) is 15.9. The third-order valence-electron chi connectivity index (χ3n) is 11.5. The molecule has 2 aliphatic heterocycles. The first-order chi connectivity index (χ1) is 27.7. The highest BCUT2D eigenvalue weighted by atomic mass is 15.0. The van der Waals surface area contributed by atoms with Crippen molar-refractivity contribution in [2.75, 3.05) is 0 Å². The molecule has 0 aliphatic carbocycles. The summed E-state index contributed by atoms with van der Waals surface area (Å²) in [7, 11) is 0. The maximum Gasteiger partial charge on any atom is 0.155 e. The van der Waals surface area contributed by atoms with Crippen molar-refractivity contribution in [1.82, 2.24) is 0 Å². The Labute approximate surface area is 330 Å². The van der Waals surface area contributed by atoms with E-state index in [-0.39, 0.29) is 17.9 Å². The zero-order chi connectivity index (χ0) is 37.8. The molecule has 7 aromatic rings. The Morgan fingerprint density at radius 1 is 0.411 bits per heavy atom. The van der Waals surface area contributed by atoms with Crippen molar-refractivity contribution in [3.8, 4) is 11.1 Å². The minimum absolute atomic E-state index is 0.0487. The van der Waals surface area contributed by atoms with Crippen molar-refractivity contribution in [3.05, 3.63) is 221 Å². The molecule has 2 aliphatic rings. The molecular weight excluding hydrogens is 679 g/mol. The molecule has 0 spiro atoms. The lowest BCUT2D eigenvalue weighted by Crippen LogP contribution is -2.28. The molecule has 7 aromatic carbocycles. The maximum absolute atomic E-state index is 5.37. The van der Waals surface area contributed by atoms with Crippen molar-refractivity contribution < 1.29 is 0 Å². The number of allylic oxidation sites excluding steroid dienone is 1. The van der Waals surface area contributed by atoms with E-state index in [2.05, 4.69) is 196 Å². The van der Waals surface area contributed by atoms with Crippen LogP contribution in [0, 0.1) is 11.8 Å². The highest BCUT2D eigenvalue weighted by Gasteiger charge is 2.32. The molecule has 0 fully saturated rings. The molecule has 4 atom stereocenters. The van der Waals surface area contributed by atoms with Gasteiger partial charge in [-0.05, 0) is 80.8 Å². The molecule has 3 heteroatoms. The Morgan fingerprint density at radius 2 is 0.946 bits per heavy atom. The van der Waals surface area contributed by atoms with Crippen LogP contribution in [0.15, 0.2) is 203 Å². The van der Waals surface area contributed by atoms with Crippen molar-refractivity contribution in [1.29, 1.82) is 0 Å². The van der Waals surface area contributed by atoms with Gasteiger partial charge in [-0.1, -0.05) is 184 Å². The summed E-state index contributed by atoms with van der Waals surface area (Å²) in [5, 5.41) is 2.43. The normalized spacial score (nSPS) is 19.5. The highest BCUT2D eigenvalue weighted by molar-refractivity contribution is 6.15. The number of amidine groups is 1. The standard InChI is InChI=1S/C53H45N3/c1-3-46-48(38-17-9-5-10-18-38)35-49(54-50(46)40-19-11-6-12-20-40)39-29-25-36(26-30-39)43-31-27-37-28-32-44(34-45(37)33-43)52-47(4-2)51(41-21-13-7-14-22-41)55-53(56-52)42-23-15-8-16-24-42/h5-35,46-48,52H,3-4H2,1-2H3. The van der Waals surface area contributed by atoms with E-state index in [0.717, 1.165) is 46.8 Å². The number of benzene rings is 7. The molecule has 3 nitrogen and oxygen atoms in total. The first-order valence-corrected chi connectivity index (χ1v) is 20.0. The molecule has 4 unspecified atom stereocenters. The molecule has 0 saturated heterocycles. The molecule has 0 aromatic heterocycles. The average Bonchev–Trinajstić information content (AvgIpc) is 3.29. The Kier molecular flexibility index (Phi) is 9.90. The number of nitrogens with zero attached hydrogens (tertiary/aromatic N) is 3. The van der Waals surface area contributed by atoms with Crippen LogP contribution in [0.25, 0.3) is 27.6 Å². The van der Waals surface area contributed by atoms with Crippen LogP contribution in [0.3, 0.4) is 0 Å². The zero-order valence-electron chi connectivity index (χ0n) is 32.0. The fourth-order valence-electron chi connectivity index (χ4n) is 8.60. The summed E-state index contributed by atoms with van der Waals surface area (Å²) in [5.74, 6) is 1.50. The fourth-order valence-corrected chi connectivity index (χ4v) is 8.60. The Balaban J connectivity index is 1.06. The van der Waals surface area contributed by atoms with E-state index >= 15 is 0 Å². The molecule has 0 N–H and O–H groups in total. The van der Waals surface area contributed by atoms with Gasteiger partial charge >= 0.3 is 0 Å². The largest absolute Gasteiger partial charge is 0.257 e. The Hall–Kier alpha value is -6.45. The van der Waals surface area contributed by atoms with Gasteiger partial charge in [-0.3, -0.25) is 9.98 Å². The minimum Gasteiger partial charge on any atom is -0.257 e. The predicted octanol–water partition coefficient (Wildman–Crippen LogP) is 13.2. The summed E-state index contributed by atoms with van der Waals surface area (Å²) in [6.45, 7) is 4.53. The summed E-state index contributed by atoms with van der Waals surface area (Å²) in [6, 6.07) is 65.2. The van der Waals surface area contributed by atoms with Gasteiger partial charge < -0.3 is 0 Å². The number of aliphatic imine (C=N–C) groups is 3. The van der Waals surface area contributed by atoms with Crippen LogP contribution in [0.5, 0.6) is 0 Å². The van der Waals surface area contributed by atoms with E-state index in [0.29, 0.717) is 5.92 Å². The van der Waals surface area contributed by atoms with Crippen LogP contribution in [0.2, 0.25) is 0 Å². The smallest absolute Gasteiger partial charge is 0.155 e. The Morgan fingerprint density at radius 3 is 1.57 bits per heavy atom. The molecule has 2 heterocycles. The SMILES string of the molecule is CCC1C(c2ccccc2)=NC(c2ccc(-c3ccc4ccc(C5N=C(c6ccccc6)N=C(c6ccccc6)C5CC)cc4c3)cc2)=CC1c1ccccc1. The lowest BCUT2D eigenvalue weighted by atomic mass is 9.76. The maximum atomic E-state index is 5.37. The minimum atomic E-state index is -0.0487. The average molecular weight is 724 g/mol. The lowest BCUT2D eigenvalue weighted by Gasteiger charge is -2.30. The van der Waals surface area contributed by atoms with Gasteiger partial charge in [0.15, 0.2) is 5.84 Å². The molecule has 0 bridgehead atoms. The van der Waals surface area contributed by atoms with Crippen molar-refractivity contribution >= 4 is 33.7 Å². The van der Waals surface area contributed by atoms with Gasteiger partial charge in [0.2, 0.25) is 0 Å². The van der Waals surface area contributed by atoms with Gasteiger partial charge in [-0.15, -0.1) is 0 Å². The highest BCUT2D eigenvalue weighted by Crippen LogP contribution is 2.41. The summed E-state index contributed by atoms with van der Waals surface area (Å²) in [5.41, 5.74) is 12.7. The number of rotatable bonds is 9. The van der Waals surface area contributed by atoms with E-state index in [9.17, 15) is 0 Å². The van der Waals surface area contributed by atoms with E-state index in [1.807, 2.05) is 6.07 Å². The van der Waals surface area contributed by atoms with Crippen molar-refractivity contribution in [2.24, 2.45) is 26.8 Å². The number of hydrogen-bond acceptors (Lipinski definition) is 3. The molecule has 0 amide bonds. The summed E-state index contributed by atoms with van der Waals surface area (Å²) < 4.78 is 0. The van der Waals surface area contributed by atoms with Gasteiger partial charge in [-0.2, -0.15) is 0 Å². The summed E-state index contributed by atoms with van der Waals surface area (Å²) in [6.07, 6.45) is 4.34. The van der Waals surface area contributed by atoms with Gasteiger partial charge in [0, 0.05) is 23.3 Å². The number of fused-ring (bicyclic) bond motifs is 1. The third kappa shape index (κ3) is 6.97. The van der Waals surface area contributed by atoms with Crippen LogP contribution in [-0.2, 0) is 0 Å². The van der Waals surface area contributed by atoms with Crippen LogP contribution >= 0.6 is 0 Å². The van der Waals surface area contributed by atoms with Gasteiger partial charge in [0.05, 0.1) is 23.2 Å². The lowest BCUT2D eigenvalue weighted by molar-refractivity contribution is 0.533. The Bertz CT molecular complexity index is 2590. The molecule has 0 radical (unpaired) electrons. The second-order valence-electron chi connectivity index (χ2n) is 14.9. The van der Waals surface area contributed by atoms with Crippen LogP contribution < -0.4 is 0 Å². The zero-order valence-corrected chi connectivity index (χ0v) is 32.0. The second kappa shape index (κ2) is 15.7. The fraction of sp³-hybridized carbons (Fsp3) is 0.151. The first kappa shape index (κ1) is 35.3. The monoisotopic (exact) mass is 723 g/mol. The van der Waals surface area contributed by atoms with Crippen LogP contribution in [0.4, 0.5) is 0 Å². The third-order valence-corrected chi connectivity index (χ3v) is 11.5. The molecule has 9 rings (SSSR count). The summed E-state index contributed by atoms with van der Waals surface area (Å²) >= 11 is 0. The van der Waals surface area contributed by atoms with E-state index in [4.69, 9.17) is 15.0 Å². The van der Waals surface area contributed by atoms with Gasteiger partial charge in [0.1, 0.15) is 0 Å². The van der Waals surface area contributed by atoms with Crippen LogP contribution in [-0.4, -0.2) is 17.3 Å². The first-order valence-electron chi connectivity index (χ1n) is 20.0. The van der Waals surface area contributed by atoms with E-state index in [1.54, 1.807) is 0 Å². The molecular formula is C53H45N3. The van der Waals surface area contributed by atoms with Crippen molar-refractivity contribution in [2.45, 2.75) is 38.6 Å². The van der Waals surface area contributed by atoms with Gasteiger partial charge in [0.25, 0.3) is 0 Å². The quantitative estimate of drug-likeness (QED) is 0.142. The van der Waals surface area contributed by atoms with Crippen molar-refractivity contribution in [3.63, 3.8) is 0 Å². The van der Waals surface area contributed by atoms with Gasteiger partial charge in [-0.25, -0.2) is 4.99 Å². The topological polar surface area (TPSA) is 37.1 Å². The molecule has 272 valence electrons. The molecule has 56 heavy (non-hydrogen) atoms. The second-order valence-corrected chi connectivity index (χ2v) is 14.9. The molecule has 0 saturated carbocycles. The van der Waals surface area contributed by atoms with E-state index < -0.39 is 0 Å². The predicted molar refractivity (Wildman–Crippen MR) is 236 cm³/mol. The van der Waals surface area contributed by atoms with E-state index in [1.165, 1.54) is 44.3 Å². The number of hydrogen-bond donors (Lipinski definition) is 0. The van der Waals surface area contributed by atoms with Crippen LogP contribution in [0.1, 0.15) is 72.0 Å².